The van der Waals surface area contributed by atoms with Gasteiger partial charge in [0.15, 0.2) is 12.4 Å². The summed E-state index contributed by atoms with van der Waals surface area (Å²) in [4.78, 5) is 23.8. The molecule has 148 valence electrons. The first kappa shape index (κ1) is 18.6. The van der Waals surface area contributed by atoms with Crippen molar-refractivity contribution >= 4 is 28.7 Å². The van der Waals surface area contributed by atoms with Crippen molar-refractivity contribution in [3.05, 3.63) is 59.0 Å². The molecule has 7 nitrogen and oxygen atoms in total. The van der Waals surface area contributed by atoms with Crippen LogP contribution in [0.4, 0.5) is 0 Å². The van der Waals surface area contributed by atoms with Gasteiger partial charge in [-0.05, 0) is 43.3 Å². The monoisotopic (exact) mass is 392 g/mol. The summed E-state index contributed by atoms with van der Waals surface area (Å²) in [6.45, 7) is 1.53. The van der Waals surface area contributed by atoms with Crippen LogP contribution in [0.25, 0.3) is 17.0 Å². The Morgan fingerprint density at radius 1 is 1.28 bits per heavy atom. The summed E-state index contributed by atoms with van der Waals surface area (Å²) in [5.41, 5.74) is 8.09. The Balaban J connectivity index is 1.72. The number of amides is 1. The van der Waals surface area contributed by atoms with E-state index < -0.39 is 5.91 Å². The van der Waals surface area contributed by atoms with Crippen LogP contribution >= 0.6 is 0 Å². The van der Waals surface area contributed by atoms with E-state index in [0.717, 1.165) is 22.2 Å². The summed E-state index contributed by atoms with van der Waals surface area (Å²) in [5, 5.41) is 0.953. The fourth-order valence-corrected chi connectivity index (χ4v) is 3.46. The van der Waals surface area contributed by atoms with E-state index in [4.69, 9.17) is 19.9 Å². The number of hydrogen-bond acceptors (Lipinski definition) is 5. The molecule has 0 fully saturated rings. The Morgan fingerprint density at radius 2 is 2.07 bits per heavy atom. The number of carbonyl (C=O) groups is 2. The van der Waals surface area contributed by atoms with Crippen molar-refractivity contribution in [2.45, 2.75) is 6.92 Å². The van der Waals surface area contributed by atoms with Gasteiger partial charge in [0, 0.05) is 35.3 Å². The molecule has 2 aromatic carbocycles. The molecule has 0 saturated heterocycles. The first-order valence-electron chi connectivity index (χ1n) is 9.01. The van der Waals surface area contributed by atoms with Gasteiger partial charge in [0.1, 0.15) is 17.2 Å². The second-order valence-electron chi connectivity index (χ2n) is 6.84. The molecule has 0 saturated carbocycles. The van der Waals surface area contributed by atoms with Crippen LogP contribution in [0.3, 0.4) is 0 Å². The smallest absolute Gasteiger partial charge is 0.255 e. The number of benzene rings is 2. The van der Waals surface area contributed by atoms with Gasteiger partial charge < -0.3 is 24.5 Å². The maximum atomic E-state index is 12.9. The van der Waals surface area contributed by atoms with E-state index in [1.807, 2.05) is 36.0 Å². The van der Waals surface area contributed by atoms with Crippen molar-refractivity contribution in [1.82, 2.24) is 4.57 Å². The van der Waals surface area contributed by atoms with Crippen molar-refractivity contribution in [3.63, 3.8) is 0 Å². The zero-order valence-corrected chi connectivity index (χ0v) is 16.3. The standard InChI is InChI=1S/C22H20N2O5/c1-12-18(28-11-20(23)25)7-5-15-21(26)19(29-22(12)15)8-13-10-24(2)17-6-4-14(27-3)9-16(13)17/h4-10H,11H2,1-3H3,(H2,23,25)/b19-8-. The normalized spacial score (nSPS) is 14.2. The van der Waals surface area contributed by atoms with Gasteiger partial charge in [-0.25, -0.2) is 0 Å². The Labute approximate surface area is 167 Å². The molecule has 4 rings (SSSR count). The lowest BCUT2D eigenvalue weighted by atomic mass is 10.1. The highest BCUT2D eigenvalue weighted by molar-refractivity contribution is 6.15. The molecule has 1 aromatic heterocycles. The second-order valence-corrected chi connectivity index (χ2v) is 6.84. The summed E-state index contributed by atoms with van der Waals surface area (Å²) in [5.74, 6) is 1.06. The third-order valence-electron chi connectivity index (χ3n) is 4.92. The molecule has 1 aliphatic heterocycles. The first-order chi connectivity index (χ1) is 13.9. The number of nitrogens with zero attached hydrogens (tertiary/aromatic N) is 1. The average molecular weight is 392 g/mol. The number of ether oxygens (including phenoxy) is 3. The van der Waals surface area contributed by atoms with Gasteiger partial charge in [-0.2, -0.15) is 0 Å². The van der Waals surface area contributed by atoms with Crippen molar-refractivity contribution in [2.75, 3.05) is 13.7 Å². The number of Topliss-reactive ketones (excluding diaryl/α,β-unsaturated/α-hetero) is 1. The molecule has 0 unspecified atom stereocenters. The molecule has 0 spiro atoms. The van der Waals surface area contributed by atoms with E-state index in [0.29, 0.717) is 22.6 Å². The fourth-order valence-electron chi connectivity index (χ4n) is 3.46. The Kier molecular flexibility index (Phi) is 4.50. The van der Waals surface area contributed by atoms with Gasteiger partial charge in [0.05, 0.1) is 12.7 Å². The van der Waals surface area contributed by atoms with Crippen LogP contribution in [-0.4, -0.2) is 30.0 Å². The number of aryl methyl sites for hydroxylation is 1. The summed E-state index contributed by atoms with van der Waals surface area (Å²) >= 11 is 0. The van der Waals surface area contributed by atoms with Crippen molar-refractivity contribution < 1.29 is 23.8 Å². The number of rotatable bonds is 5. The van der Waals surface area contributed by atoms with Gasteiger partial charge in [0.2, 0.25) is 5.78 Å². The lowest BCUT2D eigenvalue weighted by Crippen LogP contribution is -2.20. The maximum absolute atomic E-state index is 12.9. The van der Waals surface area contributed by atoms with Crippen LogP contribution in [0.5, 0.6) is 17.2 Å². The minimum absolute atomic E-state index is 0.204. The quantitative estimate of drug-likeness (QED) is 0.674. The average Bonchev–Trinajstić information content (AvgIpc) is 3.19. The SMILES string of the molecule is COc1ccc2c(c1)c(/C=C1\Oc3c(ccc(OCC(N)=O)c3C)C1=O)cn2C. The van der Waals surface area contributed by atoms with Crippen LogP contribution in [0.2, 0.25) is 0 Å². The topological polar surface area (TPSA) is 92.8 Å². The highest BCUT2D eigenvalue weighted by Gasteiger charge is 2.30. The lowest BCUT2D eigenvalue weighted by molar-refractivity contribution is -0.119. The van der Waals surface area contributed by atoms with Crippen LogP contribution in [0.1, 0.15) is 21.5 Å². The number of aromatic nitrogens is 1. The van der Waals surface area contributed by atoms with Crippen molar-refractivity contribution in [3.8, 4) is 17.2 Å². The minimum atomic E-state index is -0.575. The number of nitrogens with two attached hydrogens (primary N) is 1. The molecule has 1 amide bonds. The number of carbonyl (C=O) groups excluding carboxylic acids is 2. The predicted octanol–water partition coefficient (Wildman–Crippen LogP) is 2.98. The number of fused-ring (bicyclic) bond motifs is 2. The third-order valence-corrected chi connectivity index (χ3v) is 4.92. The van der Waals surface area contributed by atoms with Crippen LogP contribution in [0, 0.1) is 6.92 Å². The highest BCUT2D eigenvalue weighted by atomic mass is 16.5. The van der Waals surface area contributed by atoms with Crippen LogP contribution in [-0.2, 0) is 11.8 Å². The van der Waals surface area contributed by atoms with E-state index in [-0.39, 0.29) is 18.1 Å². The van der Waals surface area contributed by atoms with Crippen LogP contribution < -0.4 is 19.9 Å². The second kappa shape index (κ2) is 7.01. The molecule has 0 aliphatic carbocycles. The number of allylic oxidation sites excluding steroid dienone is 1. The number of ketones is 1. The Morgan fingerprint density at radius 3 is 2.79 bits per heavy atom. The molecular weight excluding hydrogens is 372 g/mol. The number of hydrogen-bond donors (Lipinski definition) is 1. The molecule has 29 heavy (non-hydrogen) atoms. The molecule has 2 heterocycles. The summed E-state index contributed by atoms with van der Waals surface area (Å²) in [6.07, 6.45) is 3.67. The van der Waals surface area contributed by atoms with Crippen molar-refractivity contribution in [2.24, 2.45) is 12.8 Å². The van der Waals surface area contributed by atoms with Gasteiger partial charge in [-0.3, -0.25) is 9.59 Å². The number of methoxy groups -OCH3 is 1. The summed E-state index contributed by atoms with van der Waals surface area (Å²) in [7, 11) is 3.55. The van der Waals surface area contributed by atoms with Crippen molar-refractivity contribution in [1.29, 1.82) is 0 Å². The first-order valence-corrected chi connectivity index (χ1v) is 9.01. The molecular formula is C22H20N2O5. The van der Waals surface area contributed by atoms with E-state index in [2.05, 4.69) is 0 Å². The molecule has 3 aromatic rings. The van der Waals surface area contributed by atoms with Crippen LogP contribution in [0.15, 0.2) is 42.3 Å². The minimum Gasteiger partial charge on any atom is -0.497 e. The zero-order valence-electron chi connectivity index (χ0n) is 16.3. The van der Waals surface area contributed by atoms with Gasteiger partial charge in [-0.15, -0.1) is 0 Å². The largest absolute Gasteiger partial charge is 0.497 e. The molecule has 1 aliphatic rings. The Hall–Kier alpha value is -3.74. The highest BCUT2D eigenvalue weighted by Crippen LogP contribution is 2.39. The van der Waals surface area contributed by atoms with Gasteiger partial charge >= 0.3 is 0 Å². The molecule has 0 bridgehead atoms. The third kappa shape index (κ3) is 3.20. The molecule has 0 atom stereocenters. The summed E-state index contributed by atoms with van der Waals surface area (Å²) < 4.78 is 18.6. The molecule has 7 heteroatoms. The fraction of sp³-hybridized carbons (Fsp3) is 0.182. The van der Waals surface area contributed by atoms with E-state index in [9.17, 15) is 9.59 Å². The van der Waals surface area contributed by atoms with E-state index >= 15 is 0 Å². The van der Waals surface area contributed by atoms with E-state index in [1.54, 1.807) is 32.2 Å². The lowest BCUT2D eigenvalue weighted by Gasteiger charge is -2.09. The molecule has 0 radical (unpaired) electrons. The summed E-state index contributed by atoms with van der Waals surface area (Å²) in [6, 6.07) is 9.06. The molecule has 2 N–H and O–H groups in total. The maximum Gasteiger partial charge on any atom is 0.255 e. The van der Waals surface area contributed by atoms with Gasteiger partial charge in [-0.1, -0.05) is 0 Å². The Bertz CT molecular complexity index is 1190. The van der Waals surface area contributed by atoms with E-state index in [1.165, 1.54) is 0 Å². The predicted molar refractivity (Wildman–Crippen MR) is 108 cm³/mol. The zero-order chi connectivity index (χ0) is 20.7. The number of primary amides is 1. The van der Waals surface area contributed by atoms with Gasteiger partial charge in [0.25, 0.3) is 5.91 Å².